The predicted octanol–water partition coefficient (Wildman–Crippen LogP) is 2.73. The molecule has 0 atom stereocenters. The zero-order chi connectivity index (χ0) is 12.3. The summed E-state index contributed by atoms with van der Waals surface area (Å²) in [5.74, 6) is 0.474. The van der Waals surface area contributed by atoms with E-state index in [-0.39, 0.29) is 0 Å². The molecule has 0 fully saturated rings. The molecule has 0 amide bonds. The smallest absolute Gasteiger partial charge is 0.0932 e. The molecule has 0 aliphatic heterocycles. The van der Waals surface area contributed by atoms with Gasteiger partial charge in [0.2, 0.25) is 0 Å². The van der Waals surface area contributed by atoms with E-state index in [9.17, 15) is 0 Å². The van der Waals surface area contributed by atoms with Crippen molar-refractivity contribution in [2.75, 3.05) is 0 Å². The van der Waals surface area contributed by atoms with Gasteiger partial charge in [0.1, 0.15) is 0 Å². The maximum Gasteiger partial charge on any atom is 0.0932 e. The molecule has 1 heterocycles. The van der Waals surface area contributed by atoms with Gasteiger partial charge in [-0.1, -0.05) is 38.1 Å². The van der Waals surface area contributed by atoms with Crippen LogP contribution in [0.2, 0.25) is 0 Å². The fourth-order valence-electron chi connectivity index (χ4n) is 1.85. The number of rotatable bonds is 3. The highest BCUT2D eigenvalue weighted by Crippen LogP contribution is 2.27. The van der Waals surface area contributed by atoms with Crippen molar-refractivity contribution >= 4 is 0 Å². The Kier molecular flexibility index (Phi) is 3.49. The molecule has 88 valence electrons. The van der Waals surface area contributed by atoms with Gasteiger partial charge in [0.25, 0.3) is 0 Å². The van der Waals surface area contributed by atoms with E-state index in [4.69, 9.17) is 5.73 Å². The van der Waals surface area contributed by atoms with Gasteiger partial charge in [-0.3, -0.25) is 0 Å². The van der Waals surface area contributed by atoms with Crippen molar-refractivity contribution in [1.29, 1.82) is 0 Å². The van der Waals surface area contributed by atoms with E-state index < -0.39 is 0 Å². The Balaban J connectivity index is 2.45. The third-order valence-corrected chi connectivity index (χ3v) is 2.79. The van der Waals surface area contributed by atoms with Gasteiger partial charge in [0.05, 0.1) is 11.4 Å². The average molecular weight is 227 g/mol. The molecule has 0 bridgehead atoms. The van der Waals surface area contributed by atoms with Crippen LogP contribution in [0.3, 0.4) is 0 Å². The molecule has 0 saturated carbocycles. The normalized spacial score (nSPS) is 10.8. The topological polar surface area (TPSA) is 51.8 Å². The van der Waals surface area contributed by atoms with Gasteiger partial charge in [-0.05, 0) is 23.6 Å². The average Bonchev–Trinajstić information content (AvgIpc) is 2.39. The minimum atomic E-state index is 0.430. The van der Waals surface area contributed by atoms with Crippen molar-refractivity contribution in [3.63, 3.8) is 0 Å². The Morgan fingerprint density at radius 3 is 2.41 bits per heavy atom. The second-order valence-electron chi connectivity index (χ2n) is 4.36. The molecule has 2 aromatic rings. The summed E-state index contributed by atoms with van der Waals surface area (Å²) in [6.45, 7) is 4.79. The lowest BCUT2D eigenvalue weighted by molar-refractivity contribution is 0.862. The van der Waals surface area contributed by atoms with Crippen LogP contribution in [0.1, 0.15) is 31.0 Å². The first kappa shape index (κ1) is 11.7. The molecule has 0 saturated heterocycles. The second kappa shape index (κ2) is 5.06. The second-order valence-corrected chi connectivity index (χ2v) is 4.36. The Labute approximate surface area is 102 Å². The van der Waals surface area contributed by atoms with E-state index in [0.29, 0.717) is 12.5 Å². The van der Waals surface area contributed by atoms with E-state index in [1.165, 1.54) is 5.56 Å². The molecule has 2 N–H and O–H groups in total. The molecule has 1 aromatic carbocycles. The van der Waals surface area contributed by atoms with Gasteiger partial charge in [-0.25, -0.2) is 0 Å². The third-order valence-electron chi connectivity index (χ3n) is 2.79. The van der Waals surface area contributed by atoms with Crippen LogP contribution < -0.4 is 5.73 Å². The largest absolute Gasteiger partial charge is 0.325 e. The number of hydrogen-bond donors (Lipinski definition) is 1. The van der Waals surface area contributed by atoms with E-state index in [1.807, 2.05) is 18.2 Å². The van der Waals surface area contributed by atoms with Crippen molar-refractivity contribution in [2.45, 2.75) is 26.3 Å². The van der Waals surface area contributed by atoms with Crippen LogP contribution in [0.15, 0.2) is 36.4 Å². The highest BCUT2D eigenvalue weighted by molar-refractivity contribution is 5.63. The van der Waals surface area contributed by atoms with Crippen LogP contribution >= 0.6 is 0 Å². The van der Waals surface area contributed by atoms with Gasteiger partial charge >= 0.3 is 0 Å². The molecule has 3 heteroatoms. The highest BCUT2D eigenvalue weighted by atomic mass is 15.1. The van der Waals surface area contributed by atoms with Gasteiger partial charge in [-0.15, -0.1) is 0 Å². The quantitative estimate of drug-likeness (QED) is 0.877. The molecular formula is C14H17N3. The van der Waals surface area contributed by atoms with Crippen molar-refractivity contribution in [3.8, 4) is 11.3 Å². The summed E-state index contributed by atoms with van der Waals surface area (Å²) >= 11 is 0. The summed E-state index contributed by atoms with van der Waals surface area (Å²) in [6, 6.07) is 12.2. The van der Waals surface area contributed by atoms with Gasteiger partial charge < -0.3 is 5.73 Å². The Morgan fingerprint density at radius 1 is 1.06 bits per heavy atom. The summed E-state index contributed by atoms with van der Waals surface area (Å²) in [7, 11) is 0. The summed E-state index contributed by atoms with van der Waals surface area (Å²) in [5, 5.41) is 8.33. The molecule has 0 radical (unpaired) electrons. The van der Waals surface area contributed by atoms with E-state index in [0.717, 1.165) is 17.0 Å². The van der Waals surface area contributed by atoms with Crippen LogP contribution in [0.5, 0.6) is 0 Å². The predicted molar refractivity (Wildman–Crippen MR) is 69.4 cm³/mol. The molecule has 0 aliphatic rings. The zero-order valence-corrected chi connectivity index (χ0v) is 10.2. The molecule has 0 unspecified atom stereocenters. The Morgan fingerprint density at radius 2 is 1.82 bits per heavy atom. The van der Waals surface area contributed by atoms with E-state index in [1.54, 1.807) is 0 Å². The first-order valence-corrected chi connectivity index (χ1v) is 5.84. The van der Waals surface area contributed by atoms with Gasteiger partial charge in [0.15, 0.2) is 0 Å². The van der Waals surface area contributed by atoms with Crippen LogP contribution in [0, 0.1) is 0 Å². The number of benzene rings is 1. The van der Waals surface area contributed by atoms with Gasteiger partial charge in [-0.2, -0.15) is 10.2 Å². The zero-order valence-electron chi connectivity index (χ0n) is 10.2. The molecule has 1 aromatic heterocycles. The van der Waals surface area contributed by atoms with Crippen LogP contribution in [-0.2, 0) is 6.54 Å². The number of aromatic nitrogens is 2. The first-order valence-electron chi connectivity index (χ1n) is 5.84. The van der Waals surface area contributed by atoms with E-state index in [2.05, 4.69) is 42.2 Å². The number of nitrogens with two attached hydrogens (primary N) is 1. The monoisotopic (exact) mass is 227 g/mol. The minimum Gasteiger partial charge on any atom is -0.325 e. The lowest BCUT2D eigenvalue weighted by Gasteiger charge is -2.11. The summed E-state index contributed by atoms with van der Waals surface area (Å²) in [4.78, 5) is 0. The van der Waals surface area contributed by atoms with Crippen molar-refractivity contribution in [1.82, 2.24) is 10.2 Å². The maximum atomic E-state index is 5.51. The summed E-state index contributed by atoms with van der Waals surface area (Å²) < 4.78 is 0. The molecule has 2 rings (SSSR count). The SMILES string of the molecule is CC(C)c1ccccc1-c1ccc(CN)nn1. The minimum absolute atomic E-state index is 0.430. The standard InChI is InChI=1S/C14H17N3/c1-10(2)12-5-3-4-6-13(12)14-8-7-11(9-15)16-17-14/h3-8,10H,9,15H2,1-2H3. The number of hydrogen-bond acceptors (Lipinski definition) is 3. The van der Waals surface area contributed by atoms with Crippen LogP contribution in [-0.4, -0.2) is 10.2 Å². The van der Waals surface area contributed by atoms with Gasteiger partial charge in [0, 0.05) is 12.1 Å². The van der Waals surface area contributed by atoms with E-state index >= 15 is 0 Å². The summed E-state index contributed by atoms with van der Waals surface area (Å²) in [5.41, 5.74) is 9.68. The highest BCUT2D eigenvalue weighted by Gasteiger charge is 2.09. The fourth-order valence-corrected chi connectivity index (χ4v) is 1.85. The molecule has 0 aliphatic carbocycles. The lowest BCUT2D eigenvalue weighted by Crippen LogP contribution is -2.02. The molecular weight excluding hydrogens is 210 g/mol. The fraction of sp³-hybridized carbons (Fsp3) is 0.286. The van der Waals surface area contributed by atoms with Crippen molar-refractivity contribution < 1.29 is 0 Å². The van der Waals surface area contributed by atoms with Crippen LogP contribution in [0.25, 0.3) is 11.3 Å². The van der Waals surface area contributed by atoms with Crippen molar-refractivity contribution in [2.24, 2.45) is 5.73 Å². The first-order chi connectivity index (χ1) is 8.22. The summed E-state index contributed by atoms with van der Waals surface area (Å²) in [6.07, 6.45) is 0. The van der Waals surface area contributed by atoms with Crippen molar-refractivity contribution in [3.05, 3.63) is 47.7 Å². The molecule has 17 heavy (non-hydrogen) atoms. The lowest BCUT2D eigenvalue weighted by atomic mass is 9.95. The molecule has 0 spiro atoms. The Hall–Kier alpha value is -1.74. The Bertz CT molecular complexity index is 489. The molecule has 3 nitrogen and oxygen atoms in total. The van der Waals surface area contributed by atoms with Crippen LogP contribution in [0.4, 0.5) is 0 Å². The number of nitrogens with zero attached hydrogens (tertiary/aromatic N) is 2. The maximum absolute atomic E-state index is 5.51. The third kappa shape index (κ3) is 2.50.